The van der Waals surface area contributed by atoms with Crippen LogP contribution in [-0.4, -0.2) is 54.7 Å². The van der Waals surface area contributed by atoms with Crippen LogP contribution in [0.4, 0.5) is 0 Å². The van der Waals surface area contributed by atoms with Crippen molar-refractivity contribution in [2.45, 2.75) is 51.7 Å². The number of fused-ring (bicyclic) bond motifs is 1. The lowest BCUT2D eigenvalue weighted by Crippen LogP contribution is -2.31. The minimum absolute atomic E-state index is 0.0130. The van der Waals surface area contributed by atoms with Crippen LogP contribution in [0.2, 0.25) is 0 Å². The van der Waals surface area contributed by atoms with Gasteiger partial charge in [0.15, 0.2) is 17.3 Å². The van der Waals surface area contributed by atoms with E-state index >= 15 is 0 Å². The number of ketones is 1. The van der Waals surface area contributed by atoms with Crippen LogP contribution in [-0.2, 0) is 12.8 Å². The number of benzene rings is 3. The lowest BCUT2D eigenvalue weighted by atomic mass is 9.88. The van der Waals surface area contributed by atoms with Crippen molar-refractivity contribution < 1.29 is 50.0 Å². The minimum atomic E-state index is -1.15. The quantitative estimate of drug-likeness (QED) is 0.177. The van der Waals surface area contributed by atoms with E-state index in [4.69, 9.17) is 9.47 Å². The lowest BCUT2D eigenvalue weighted by molar-refractivity contribution is 0.0190. The van der Waals surface area contributed by atoms with Crippen molar-refractivity contribution in [2.75, 3.05) is 7.11 Å². The molecule has 4 rings (SSSR count). The molecular weight excluding hydrogens is 496 g/mol. The number of phenols is 6. The molecule has 0 bridgehead atoms. The highest BCUT2D eigenvalue weighted by molar-refractivity contribution is 6.02. The Labute approximate surface area is 218 Å². The SMILES string of the molecule is CCCC(=O)c1c(O)c(Cc2c(O)cc(O)c3c2O[C@H](c2ccc(O)c(O)c2)[C@@H](O)C3)c(O)c(C)c1OC. The van der Waals surface area contributed by atoms with Gasteiger partial charge < -0.3 is 45.2 Å². The molecule has 0 saturated heterocycles. The third-order valence-corrected chi connectivity index (χ3v) is 6.82. The third-order valence-electron chi connectivity index (χ3n) is 6.82. The van der Waals surface area contributed by atoms with E-state index in [9.17, 15) is 40.5 Å². The van der Waals surface area contributed by atoms with Crippen LogP contribution >= 0.6 is 0 Å². The van der Waals surface area contributed by atoms with Gasteiger partial charge in [0.05, 0.1) is 13.2 Å². The largest absolute Gasteiger partial charge is 0.507 e. The van der Waals surface area contributed by atoms with Crippen molar-refractivity contribution in [1.82, 2.24) is 0 Å². The first-order valence-corrected chi connectivity index (χ1v) is 12.1. The van der Waals surface area contributed by atoms with Gasteiger partial charge in [-0.3, -0.25) is 4.79 Å². The summed E-state index contributed by atoms with van der Waals surface area (Å²) in [4.78, 5) is 12.9. The first kappa shape index (κ1) is 26.7. The van der Waals surface area contributed by atoms with Gasteiger partial charge in [-0.1, -0.05) is 13.0 Å². The second-order valence-corrected chi connectivity index (χ2v) is 9.32. The van der Waals surface area contributed by atoms with Crippen LogP contribution in [0.5, 0.6) is 46.0 Å². The van der Waals surface area contributed by atoms with Gasteiger partial charge in [0, 0.05) is 47.6 Å². The van der Waals surface area contributed by atoms with Crippen LogP contribution in [0.15, 0.2) is 24.3 Å². The van der Waals surface area contributed by atoms with Crippen molar-refractivity contribution in [3.05, 3.63) is 57.6 Å². The van der Waals surface area contributed by atoms with E-state index < -0.39 is 29.5 Å². The maximum absolute atomic E-state index is 12.9. The summed E-state index contributed by atoms with van der Waals surface area (Å²) in [5.74, 6) is -2.67. The van der Waals surface area contributed by atoms with E-state index in [2.05, 4.69) is 0 Å². The molecule has 1 aliphatic heterocycles. The molecule has 0 aliphatic carbocycles. The Morgan fingerprint density at radius 1 is 0.974 bits per heavy atom. The number of ether oxygens (including phenoxy) is 2. The van der Waals surface area contributed by atoms with Gasteiger partial charge in [-0.05, 0) is 31.0 Å². The summed E-state index contributed by atoms with van der Waals surface area (Å²) < 4.78 is 11.4. The molecule has 0 saturated carbocycles. The van der Waals surface area contributed by atoms with E-state index in [1.807, 2.05) is 6.92 Å². The fourth-order valence-electron chi connectivity index (χ4n) is 4.86. The molecule has 0 amide bonds. The second-order valence-electron chi connectivity index (χ2n) is 9.32. The van der Waals surface area contributed by atoms with E-state index in [0.717, 1.165) is 6.07 Å². The zero-order chi connectivity index (χ0) is 27.9. The molecule has 38 heavy (non-hydrogen) atoms. The van der Waals surface area contributed by atoms with Crippen LogP contribution in [0.1, 0.15) is 64.0 Å². The number of aliphatic hydroxyl groups excluding tert-OH is 1. The Kier molecular flexibility index (Phi) is 7.19. The normalized spacial score (nSPS) is 16.5. The summed E-state index contributed by atoms with van der Waals surface area (Å²) in [6.45, 7) is 3.35. The van der Waals surface area contributed by atoms with Gasteiger partial charge in [0.2, 0.25) is 0 Å². The number of aromatic hydroxyl groups is 6. The maximum atomic E-state index is 12.9. The summed E-state index contributed by atoms with van der Waals surface area (Å²) in [6, 6.07) is 4.99. The zero-order valence-corrected chi connectivity index (χ0v) is 21.1. The third kappa shape index (κ3) is 4.47. The zero-order valence-electron chi connectivity index (χ0n) is 21.1. The smallest absolute Gasteiger partial charge is 0.170 e. The van der Waals surface area contributed by atoms with E-state index in [-0.39, 0.29) is 81.6 Å². The molecule has 10 heteroatoms. The number of Topliss-reactive ketones (excluding diaryl/α,β-unsaturated/α-hetero) is 1. The Bertz CT molecular complexity index is 1410. The predicted octanol–water partition coefficient (Wildman–Crippen LogP) is 3.85. The molecule has 0 aromatic heterocycles. The van der Waals surface area contributed by atoms with Crippen LogP contribution < -0.4 is 9.47 Å². The molecule has 0 radical (unpaired) electrons. The van der Waals surface area contributed by atoms with Gasteiger partial charge in [-0.15, -0.1) is 0 Å². The Balaban J connectivity index is 1.86. The van der Waals surface area contributed by atoms with Crippen molar-refractivity contribution in [3.63, 3.8) is 0 Å². The van der Waals surface area contributed by atoms with Gasteiger partial charge in [-0.25, -0.2) is 0 Å². The maximum Gasteiger partial charge on any atom is 0.170 e. The van der Waals surface area contributed by atoms with Gasteiger partial charge >= 0.3 is 0 Å². The number of aliphatic hydroxyl groups is 1. The molecule has 1 aliphatic rings. The highest BCUT2D eigenvalue weighted by atomic mass is 16.5. The predicted molar refractivity (Wildman–Crippen MR) is 136 cm³/mol. The molecule has 3 aromatic carbocycles. The number of hydrogen-bond acceptors (Lipinski definition) is 10. The van der Waals surface area contributed by atoms with E-state index in [0.29, 0.717) is 12.0 Å². The van der Waals surface area contributed by atoms with Crippen molar-refractivity contribution in [2.24, 2.45) is 0 Å². The molecule has 7 N–H and O–H groups in total. The van der Waals surface area contributed by atoms with Gasteiger partial charge in [0.1, 0.15) is 46.2 Å². The topological polar surface area (TPSA) is 177 Å². The van der Waals surface area contributed by atoms with Crippen LogP contribution in [0.25, 0.3) is 0 Å². The summed E-state index contributed by atoms with van der Waals surface area (Å²) in [7, 11) is 1.33. The first-order valence-electron chi connectivity index (χ1n) is 12.1. The number of hydrogen-bond donors (Lipinski definition) is 7. The standard InChI is InChI=1S/C28H30O10/c1-4-5-18(30)23-25(36)16(24(35)12(2)26(23)37-3)9-14-19(31)11-20(32)15-10-22(34)27(38-28(14)15)13-6-7-17(29)21(33)8-13/h6-8,11,22,27,29,31-36H,4-5,9-10H2,1-3H3/t22-,27+/m0/s1. The average molecular weight is 527 g/mol. The monoisotopic (exact) mass is 526 g/mol. The minimum Gasteiger partial charge on any atom is -0.507 e. The molecule has 3 aromatic rings. The van der Waals surface area contributed by atoms with Crippen molar-refractivity contribution in [1.29, 1.82) is 0 Å². The van der Waals surface area contributed by atoms with Crippen LogP contribution in [0.3, 0.4) is 0 Å². The molecule has 2 atom stereocenters. The molecule has 202 valence electrons. The summed E-state index contributed by atoms with van der Waals surface area (Å²) in [6.07, 6.45) is -1.93. The second kappa shape index (κ2) is 10.2. The molecular formula is C28H30O10. The summed E-state index contributed by atoms with van der Waals surface area (Å²) in [5, 5.41) is 73.7. The Morgan fingerprint density at radius 2 is 1.68 bits per heavy atom. The molecule has 0 spiro atoms. The fraction of sp³-hybridized carbons (Fsp3) is 0.321. The molecule has 10 nitrogen and oxygen atoms in total. The first-order chi connectivity index (χ1) is 18.0. The highest BCUT2D eigenvalue weighted by Crippen LogP contribution is 2.50. The number of rotatable bonds is 7. The summed E-state index contributed by atoms with van der Waals surface area (Å²) in [5.41, 5.74) is 0.684. The number of carbonyl (C=O) groups is 1. The van der Waals surface area contributed by atoms with Crippen molar-refractivity contribution in [3.8, 4) is 46.0 Å². The Hall–Kier alpha value is -4.31. The average Bonchev–Trinajstić information content (AvgIpc) is 2.87. The number of methoxy groups -OCH3 is 1. The van der Waals surface area contributed by atoms with Gasteiger partial charge in [-0.2, -0.15) is 0 Å². The molecule has 1 heterocycles. The molecule has 0 fully saturated rings. The van der Waals surface area contributed by atoms with E-state index in [1.165, 1.54) is 32.2 Å². The van der Waals surface area contributed by atoms with Gasteiger partial charge in [0.25, 0.3) is 0 Å². The van der Waals surface area contributed by atoms with Crippen molar-refractivity contribution >= 4 is 5.78 Å². The number of carbonyl (C=O) groups excluding carboxylic acids is 1. The highest BCUT2D eigenvalue weighted by Gasteiger charge is 2.36. The number of phenolic OH excluding ortho intramolecular Hbond substituents is 6. The fourth-order valence-corrected chi connectivity index (χ4v) is 4.86. The van der Waals surface area contributed by atoms with E-state index in [1.54, 1.807) is 0 Å². The summed E-state index contributed by atoms with van der Waals surface area (Å²) >= 11 is 0. The lowest BCUT2D eigenvalue weighted by Gasteiger charge is -2.33. The Morgan fingerprint density at radius 3 is 2.32 bits per heavy atom. The molecule has 0 unspecified atom stereocenters. The van der Waals surface area contributed by atoms with Crippen LogP contribution in [0, 0.1) is 6.92 Å².